The summed E-state index contributed by atoms with van der Waals surface area (Å²) in [6, 6.07) is 5.99. The van der Waals surface area contributed by atoms with Crippen LogP contribution in [0.4, 0.5) is 11.5 Å². The molecule has 7 heteroatoms. The molecular weight excluding hydrogens is 380 g/mol. The Morgan fingerprint density at radius 3 is 2.64 bits per heavy atom. The van der Waals surface area contributed by atoms with Crippen molar-refractivity contribution in [3.8, 4) is 0 Å². The SMILES string of the molecule is Brc1cnn2c(Nc3ccncc3)cc(C3CCNCC3)nc12.CC. The number of anilines is 2. The van der Waals surface area contributed by atoms with Gasteiger partial charge in [0, 0.05) is 35.8 Å². The molecule has 3 aromatic heterocycles. The van der Waals surface area contributed by atoms with Gasteiger partial charge in [-0.05, 0) is 54.0 Å². The second-order valence-electron chi connectivity index (χ2n) is 5.68. The monoisotopic (exact) mass is 402 g/mol. The molecule has 1 aliphatic rings. The van der Waals surface area contributed by atoms with Crippen molar-refractivity contribution in [2.45, 2.75) is 32.6 Å². The molecule has 0 aliphatic carbocycles. The minimum atomic E-state index is 0.487. The number of hydrogen-bond acceptors (Lipinski definition) is 5. The first-order valence-corrected chi connectivity index (χ1v) is 9.52. The van der Waals surface area contributed by atoms with Crippen molar-refractivity contribution in [3.63, 3.8) is 0 Å². The fourth-order valence-electron chi connectivity index (χ4n) is 2.95. The van der Waals surface area contributed by atoms with E-state index in [2.05, 4.69) is 42.7 Å². The Balaban J connectivity index is 0.000000880. The maximum absolute atomic E-state index is 4.83. The zero-order chi connectivity index (χ0) is 17.6. The first-order valence-electron chi connectivity index (χ1n) is 8.73. The van der Waals surface area contributed by atoms with Crippen molar-refractivity contribution < 1.29 is 0 Å². The number of pyridine rings is 1. The summed E-state index contributed by atoms with van der Waals surface area (Å²) in [5, 5.41) is 11.2. The normalized spacial score (nSPS) is 14.8. The van der Waals surface area contributed by atoms with E-state index in [-0.39, 0.29) is 0 Å². The molecule has 0 atom stereocenters. The van der Waals surface area contributed by atoms with Gasteiger partial charge in [-0.3, -0.25) is 4.98 Å². The second kappa shape index (κ2) is 8.40. The fourth-order valence-corrected chi connectivity index (χ4v) is 3.30. The number of halogens is 1. The van der Waals surface area contributed by atoms with E-state index in [1.807, 2.05) is 30.5 Å². The van der Waals surface area contributed by atoms with Gasteiger partial charge in [0.25, 0.3) is 0 Å². The third-order valence-electron chi connectivity index (χ3n) is 4.16. The van der Waals surface area contributed by atoms with Gasteiger partial charge < -0.3 is 10.6 Å². The van der Waals surface area contributed by atoms with Crippen molar-refractivity contribution in [3.05, 3.63) is 47.0 Å². The molecule has 0 aromatic carbocycles. The maximum atomic E-state index is 4.83. The van der Waals surface area contributed by atoms with Crippen molar-refractivity contribution in [2.75, 3.05) is 18.4 Å². The lowest BCUT2D eigenvalue weighted by atomic mass is 9.94. The van der Waals surface area contributed by atoms with E-state index in [9.17, 15) is 0 Å². The fraction of sp³-hybridized carbons (Fsp3) is 0.389. The Kier molecular flexibility index (Phi) is 5.99. The Morgan fingerprint density at radius 1 is 1.20 bits per heavy atom. The van der Waals surface area contributed by atoms with Crippen LogP contribution in [0, 0.1) is 0 Å². The smallest absolute Gasteiger partial charge is 0.171 e. The minimum absolute atomic E-state index is 0.487. The van der Waals surface area contributed by atoms with Gasteiger partial charge in [0.1, 0.15) is 5.82 Å². The average Bonchev–Trinajstić information content (AvgIpc) is 3.06. The number of nitrogens with one attached hydrogen (secondary N) is 2. The Morgan fingerprint density at radius 2 is 1.92 bits per heavy atom. The first kappa shape index (κ1) is 17.8. The molecule has 1 fully saturated rings. The summed E-state index contributed by atoms with van der Waals surface area (Å²) in [7, 11) is 0. The van der Waals surface area contributed by atoms with Gasteiger partial charge in [0.15, 0.2) is 5.65 Å². The first-order chi connectivity index (χ1) is 12.3. The van der Waals surface area contributed by atoms with Crippen LogP contribution in [-0.2, 0) is 0 Å². The molecule has 132 valence electrons. The summed E-state index contributed by atoms with van der Waals surface area (Å²) >= 11 is 3.55. The molecule has 0 amide bonds. The van der Waals surface area contributed by atoms with Crippen LogP contribution in [0.1, 0.15) is 38.3 Å². The highest BCUT2D eigenvalue weighted by Gasteiger charge is 2.19. The van der Waals surface area contributed by atoms with Crippen molar-refractivity contribution in [1.29, 1.82) is 0 Å². The molecule has 0 spiro atoms. The van der Waals surface area contributed by atoms with Crippen LogP contribution in [0.3, 0.4) is 0 Å². The highest BCUT2D eigenvalue weighted by atomic mass is 79.9. The molecule has 3 aromatic rings. The van der Waals surface area contributed by atoms with E-state index in [1.165, 1.54) is 0 Å². The number of piperidine rings is 1. The van der Waals surface area contributed by atoms with E-state index in [1.54, 1.807) is 18.6 Å². The molecule has 25 heavy (non-hydrogen) atoms. The van der Waals surface area contributed by atoms with Crippen molar-refractivity contribution in [2.24, 2.45) is 0 Å². The van der Waals surface area contributed by atoms with E-state index in [0.717, 1.165) is 53.3 Å². The Labute approximate surface area is 156 Å². The van der Waals surface area contributed by atoms with Crippen LogP contribution in [-0.4, -0.2) is 32.7 Å². The summed E-state index contributed by atoms with van der Waals surface area (Å²) in [6.07, 6.45) is 7.56. The summed E-state index contributed by atoms with van der Waals surface area (Å²) < 4.78 is 2.74. The second-order valence-corrected chi connectivity index (χ2v) is 6.53. The molecule has 0 saturated carbocycles. The predicted octanol–water partition coefficient (Wildman–Crippen LogP) is 4.12. The summed E-state index contributed by atoms with van der Waals surface area (Å²) in [5.74, 6) is 1.40. The number of aromatic nitrogens is 4. The van der Waals surface area contributed by atoms with E-state index in [0.29, 0.717) is 5.92 Å². The van der Waals surface area contributed by atoms with Crippen LogP contribution < -0.4 is 10.6 Å². The topological polar surface area (TPSA) is 67.1 Å². The van der Waals surface area contributed by atoms with E-state index in [4.69, 9.17) is 4.98 Å². The summed E-state index contributed by atoms with van der Waals surface area (Å²) in [6.45, 7) is 6.09. The largest absolute Gasteiger partial charge is 0.340 e. The average molecular weight is 403 g/mol. The van der Waals surface area contributed by atoms with Gasteiger partial charge in [0.05, 0.1) is 10.7 Å². The highest BCUT2D eigenvalue weighted by Crippen LogP contribution is 2.29. The predicted molar refractivity (Wildman–Crippen MR) is 104 cm³/mol. The summed E-state index contributed by atoms with van der Waals surface area (Å²) in [5.41, 5.74) is 2.95. The lowest BCUT2D eigenvalue weighted by molar-refractivity contribution is 0.453. The Bertz CT molecular complexity index is 811. The van der Waals surface area contributed by atoms with E-state index < -0.39 is 0 Å². The molecule has 1 saturated heterocycles. The standard InChI is InChI=1S/C16H17BrN6.C2H6/c17-13-10-20-23-15(21-12-3-7-19-8-4-12)9-14(22-16(13)23)11-1-5-18-6-2-11;1-2/h3-4,7-11,18H,1-2,5-6H2,(H,19,21);1-2H3. The van der Waals surface area contributed by atoms with Crippen molar-refractivity contribution >= 4 is 33.1 Å². The Hall–Kier alpha value is -1.99. The zero-order valence-corrected chi connectivity index (χ0v) is 16.1. The third-order valence-corrected chi connectivity index (χ3v) is 4.72. The third kappa shape index (κ3) is 3.99. The number of fused-ring (bicyclic) bond motifs is 1. The minimum Gasteiger partial charge on any atom is -0.340 e. The van der Waals surface area contributed by atoms with Gasteiger partial charge in [-0.25, -0.2) is 4.98 Å². The molecule has 4 rings (SSSR count). The van der Waals surface area contributed by atoms with Crippen LogP contribution in [0.2, 0.25) is 0 Å². The highest BCUT2D eigenvalue weighted by molar-refractivity contribution is 9.10. The van der Waals surface area contributed by atoms with Gasteiger partial charge in [-0.2, -0.15) is 9.61 Å². The molecule has 0 bridgehead atoms. The van der Waals surface area contributed by atoms with Crippen molar-refractivity contribution in [1.82, 2.24) is 24.9 Å². The number of nitrogens with zero attached hydrogens (tertiary/aromatic N) is 4. The van der Waals surface area contributed by atoms with Crippen LogP contribution in [0.5, 0.6) is 0 Å². The molecule has 6 nitrogen and oxygen atoms in total. The molecule has 0 radical (unpaired) electrons. The molecule has 2 N–H and O–H groups in total. The molecular formula is C18H23BrN6. The van der Waals surface area contributed by atoms with Gasteiger partial charge >= 0.3 is 0 Å². The van der Waals surface area contributed by atoms with Gasteiger partial charge in [-0.15, -0.1) is 0 Å². The van der Waals surface area contributed by atoms with Crippen LogP contribution in [0.25, 0.3) is 5.65 Å². The van der Waals surface area contributed by atoms with E-state index >= 15 is 0 Å². The zero-order valence-electron chi connectivity index (χ0n) is 14.5. The van der Waals surface area contributed by atoms with Crippen LogP contribution in [0.15, 0.2) is 41.3 Å². The van der Waals surface area contributed by atoms with Crippen LogP contribution >= 0.6 is 15.9 Å². The summed E-state index contributed by atoms with van der Waals surface area (Å²) in [4.78, 5) is 8.89. The molecule has 1 aliphatic heterocycles. The van der Waals surface area contributed by atoms with Gasteiger partial charge in [-0.1, -0.05) is 13.8 Å². The number of rotatable bonds is 3. The lowest BCUT2D eigenvalue weighted by Crippen LogP contribution is -2.27. The quantitative estimate of drug-likeness (QED) is 0.689. The van der Waals surface area contributed by atoms with Gasteiger partial charge in [0.2, 0.25) is 0 Å². The molecule has 0 unspecified atom stereocenters. The maximum Gasteiger partial charge on any atom is 0.171 e. The molecule has 4 heterocycles. The number of hydrogen-bond donors (Lipinski definition) is 2. The lowest BCUT2D eigenvalue weighted by Gasteiger charge is -2.23.